The minimum atomic E-state index is 0.468. The van der Waals surface area contributed by atoms with E-state index in [1.54, 1.807) is 18.4 Å². The molecule has 13 heavy (non-hydrogen) atoms. The number of rotatable bonds is 3. The van der Waals surface area contributed by atoms with Crippen molar-refractivity contribution in [1.82, 2.24) is 4.90 Å². The first-order chi connectivity index (χ1) is 6.07. The molecule has 0 aromatic rings. The monoisotopic (exact) mass is 201 g/mol. The van der Waals surface area contributed by atoms with Crippen LogP contribution in [0.5, 0.6) is 0 Å². The molecule has 2 N–H and O–H groups in total. The summed E-state index contributed by atoms with van der Waals surface area (Å²) in [5.41, 5.74) is 6.27. The SMILES string of the molecule is CC(N)=CC(=N/C=C\CCl)N(C)C. The average Bonchev–Trinajstić information content (AvgIpc) is 2.02. The van der Waals surface area contributed by atoms with Crippen molar-refractivity contribution in [3.05, 3.63) is 24.0 Å². The largest absolute Gasteiger partial charge is 0.402 e. The zero-order valence-corrected chi connectivity index (χ0v) is 9.04. The van der Waals surface area contributed by atoms with Gasteiger partial charge in [-0.05, 0) is 13.0 Å². The van der Waals surface area contributed by atoms with Gasteiger partial charge in [0.1, 0.15) is 5.84 Å². The van der Waals surface area contributed by atoms with Crippen LogP contribution in [0.1, 0.15) is 6.92 Å². The maximum atomic E-state index is 5.54. The van der Waals surface area contributed by atoms with Crippen molar-refractivity contribution in [3.63, 3.8) is 0 Å². The van der Waals surface area contributed by atoms with Crippen LogP contribution >= 0.6 is 11.6 Å². The van der Waals surface area contributed by atoms with E-state index in [1.165, 1.54) is 0 Å². The van der Waals surface area contributed by atoms with E-state index >= 15 is 0 Å². The predicted octanol–water partition coefficient (Wildman–Crippen LogP) is 1.56. The molecule has 0 saturated carbocycles. The van der Waals surface area contributed by atoms with Gasteiger partial charge in [-0.25, -0.2) is 4.99 Å². The Balaban J connectivity index is 4.51. The zero-order chi connectivity index (χ0) is 10.3. The molecule has 0 aliphatic rings. The van der Waals surface area contributed by atoms with E-state index < -0.39 is 0 Å². The van der Waals surface area contributed by atoms with E-state index in [0.29, 0.717) is 5.88 Å². The molecular formula is C9H16ClN3. The number of amidine groups is 1. The Bertz CT molecular complexity index is 225. The molecule has 0 radical (unpaired) electrons. The molecule has 3 nitrogen and oxygen atoms in total. The summed E-state index contributed by atoms with van der Waals surface area (Å²) in [5.74, 6) is 1.27. The molecule has 0 atom stereocenters. The highest BCUT2D eigenvalue weighted by Crippen LogP contribution is 1.92. The Morgan fingerprint density at radius 3 is 2.54 bits per heavy atom. The molecule has 0 aromatic carbocycles. The lowest BCUT2D eigenvalue weighted by atomic mass is 10.4. The lowest BCUT2D eigenvalue weighted by Crippen LogP contribution is -2.20. The normalized spacial score (nSPS) is 13.8. The van der Waals surface area contributed by atoms with Crippen LogP contribution in [-0.4, -0.2) is 30.7 Å². The maximum absolute atomic E-state index is 5.54. The molecule has 0 unspecified atom stereocenters. The van der Waals surface area contributed by atoms with Crippen LogP contribution in [0.3, 0.4) is 0 Å². The highest BCUT2D eigenvalue weighted by Gasteiger charge is 1.95. The van der Waals surface area contributed by atoms with Crippen molar-refractivity contribution in [2.75, 3.05) is 20.0 Å². The Morgan fingerprint density at radius 1 is 1.54 bits per heavy atom. The lowest BCUT2D eigenvalue weighted by molar-refractivity contribution is 0.626. The van der Waals surface area contributed by atoms with Gasteiger partial charge in [-0.3, -0.25) is 0 Å². The Hall–Kier alpha value is -0.960. The number of halogens is 1. The zero-order valence-electron chi connectivity index (χ0n) is 8.29. The minimum Gasteiger partial charge on any atom is -0.402 e. The fourth-order valence-electron chi connectivity index (χ4n) is 0.654. The van der Waals surface area contributed by atoms with Crippen LogP contribution < -0.4 is 5.73 Å². The molecule has 0 heterocycles. The number of nitrogens with zero attached hydrogens (tertiary/aromatic N) is 2. The first kappa shape index (κ1) is 12.0. The smallest absolute Gasteiger partial charge is 0.129 e. The fourth-order valence-corrected chi connectivity index (χ4v) is 0.734. The quantitative estimate of drug-likeness (QED) is 0.428. The number of hydrogen-bond donors (Lipinski definition) is 1. The Morgan fingerprint density at radius 2 is 2.15 bits per heavy atom. The van der Waals surface area contributed by atoms with Gasteiger partial charge in [-0.15, -0.1) is 11.6 Å². The molecule has 0 spiro atoms. The number of hydrogen-bond acceptors (Lipinski definition) is 2. The third-order valence-electron chi connectivity index (χ3n) is 1.22. The van der Waals surface area contributed by atoms with Crippen LogP contribution in [0.15, 0.2) is 29.0 Å². The van der Waals surface area contributed by atoms with Gasteiger partial charge < -0.3 is 10.6 Å². The summed E-state index contributed by atoms with van der Waals surface area (Å²) in [7, 11) is 3.82. The van der Waals surface area contributed by atoms with Crippen molar-refractivity contribution in [2.24, 2.45) is 10.7 Å². The van der Waals surface area contributed by atoms with Gasteiger partial charge in [0.15, 0.2) is 0 Å². The first-order valence-corrected chi connectivity index (χ1v) is 4.51. The first-order valence-electron chi connectivity index (χ1n) is 3.97. The summed E-state index contributed by atoms with van der Waals surface area (Å²) in [4.78, 5) is 6.06. The van der Waals surface area contributed by atoms with Crippen molar-refractivity contribution >= 4 is 17.4 Å². The number of likely N-dealkylation sites (N-methyl/N-ethyl adjacent to an activating group) is 1. The highest BCUT2D eigenvalue weighted by atomic mass is 35.5. The summed E-state index contributed by atoms with van der Waals surface area (Å²) in [6, 6.07) is 0. The Kier molecular flexibility index (Phi) is 6.06. The second-order valence-corrected chi connectivity index (χ2v) is 3.12. The molecular weight excluding hydrogens is 186 g/mol. The van der Waals surface area contributed by atoms with Gasteiger partial charge in [0, 0.05) is 31.9 Å². The van der Waals surface area contributed by atoms with Gasteiger partial charge in [0.25, 0.3) is 0 Å². The molecule has 4 heteroatoms. The van der Waals surface area contributed by atoms with E-state index in [4.69, 9.17) is 17.3 Å². The second-order valence-electron chi connectivity index (χ2n) is 2.81. The number of alkyl halides is 1. The summed E-state index contributed by atoms with van der Waals surface area (Å²) < 4.78 is 0. The number of aliphatic imine (C=N–C) groups is 1. The summed E-state index contributed by atoms with van der Waals surface area (Å²) in [6.45, 7) is 1.82. The molecule has 0 amide bonds. The number of allylic oxidation sites excluding steroid dienone is 2. The highest BCUT2D eigenvalue weighted by molar-refractivity contribution is 6.18. The molecule has 74 valence electrons. The van der Waals surface area contributed by atoms with Crippen LogP contribution in [-0.2, 0) is 0 Å². The summed E-state index contributed by atoms with van der Waals surface area (Å²) >= 11 is 5.46. The van der Waals surface area contributed by atoms with Crippen LogP contribution in [0.25, 0.3) is 0 Å². The molecule has 0 aliphatic heterocycles. The summed E-state index contributed by atoms with van der Waals surface area (Å²) in [6.07, 6.45) is 5.24. The van der Waals surface area contributed by atoms with Gasteiger partial charge in [-0.1, -0.05) is 6.08 Å². The van der Waals surface area contributed by atoms with Crippen molar-refractivity contribution in [1.29, 1.82) is 0 Å². The van der Waals surface area contributed by atoms with Crippen LogP contribution in [0.2, 0.25) is 0 Å². The van der Waals surface area contributed by atoms with Crippen molar-refractivity contribution in [3.8, 4) is 0 Å². The predicted molar refractivity (Wildman–Crippen MR) is 58.9 cm³/mol. The van der Waals surface area contributed by atoms with Gasteiger partial charge >= 0.3 is 0 Å². The third-order valence-corrected chi connectivity index (χ3v) is 1.39. The van der Waals surface area contributed by atoms with Crippen LogP contribution in [0.4, 0.5) is 0 Å². The molecule has 0 fully saturated rings. The van der Waals surface area contributed by atoms with E-state index in [9.17, 15) is 0 Å². The van der Waals surface area contributed by atoms with Crippen molar-refractivity contribution in [2.45, 2.75) is 6.92 Å². The fraction of sp³-hybridized carbons (Fsp3) is 0.444. The molecule has 0 bridgehead atoms. The average molecular weight is 202 g/mol. The molecule has 0 aliphatic carbocycles. The molecule has 0 aromatic heterocycles. The van der Waals surface area contributed by atoms with E-state index in [2.05, 4.69) is 4.99 Å². The van der Waals surface area contributed by atoms with E-state index in [-0.39, 0.29) is 0 Å². The summed E-state index contributed by atoms with van der Waals surface area (Å²) in [5, 5.41) is 0. The Labute approximate surface area is 84.6 Å². The molecule has 0 rings (SSSR count). The second kappa shape index (κ2) is 6.54. The minimum absolute atomic E-state index is 0.468. The van der Waals surface area contributed by atoms with Gasteiger partial charge in [-0.2, -0.15) is 0 Å². The number of nitrogens with two attached hydrogens (primary N) is 1. The van der Waals surface area contributed by atoms with Crippen LogP contribution in [0, 0.1) is 0 Å². The third kappa shape index (κ3) is 6.22. The van der Waals surface area contributed by atoms with Crippen molar-refractivity contribution < 1.29 is 0 Å². The standard InChI is InChI=1S/C9H16ClN3/c1-8(11)7-9(13(2)3)12-6-4-5-10/h4,6-7H,5,11H2,1-3H3/b6-4-,8-7?,12-9?. The van der Waals surface area contributed by atoms with Gasteiger partial charge in [0.2, 0.25) is 0 Å². The molecule has 0 saturated heterocycles. The van der Waals surface area contributed by atoms with E-state index in [1.807, 2.05) is 25.9 Å². The van der Waals surface area contributed by atoms with E-state index in [0.717, 1.165) is 11.5 Å². The maximum Gasteiger partial charge on any atom is 0.129 e. The van der Waals surface area contributed by atoms with Gasteiger partial charge in [0.05, 0.1) is 0 Å². The lowest BCUT2D eigenvalue weighted by Gasteiger charge is -2.11. The topological polar surface area (TPSA) is 41.6 Å².